The van der Waals surface area contributed by atoms with E-state index >= 15 is 0 Å². The van der Waals surface area contributed by atoms with Crippen LogP contribution in [0.15, 0.2) is 35.7 Å². The van der Waals surface area contributed by atoms with Crippen molar-refractivity contribution in [1.82, 2.24) is 9.78 Å². The van der Waals surface area contributed by atoms with Crippen LogP contribution in [-0.4, -0.2) is 35.7 Å². The molecule has 1 aliphatic heterocycles. The van der Waals surface area contributed by atoms with Gasteiger partial charge in [-0.25, -0.2) is 4.68 Å². The fourth-order valence-corrected chi connectivity index (χ4v) is 3.85. The quantitative estimate of drug-likeness (QED) is 0.855. The van der Waals surface area contributed by atoms with E-state index in [-0.39, 0.29) is 11.3 Å². The van der Waals surface area contributed by atoms with E-state index in [2.05, 4.69) is 10.4 Å². The molecule has 1 aromatic heterocycles. The van der Waals surface area contributed by atoms with Crippen LogP contribution in [0.4, 0.5) is 5.82 Å². The van der Waals surface area contributed by atoms with Crippen molar-refractivity contribution in [2.24, 2.45) is 5.73 Å². The summed E-state index contributed by atoms with van der Waals surface area (Å²) in [6.07, 6.45) is 3.37. The number of fused-ring (bicyclic) bond motifs is 1. The molecule has 2 aromatic rings. The van der Waals surface area contributed by atoms with Crippen molar-refractivity contribution in [1.29, 1.82) is 0 Å². The molecule has 0 saturated heterocycles. The summed E-state index contributed by atoms with van der Waals surface area (Å²) in [5.74, 6) is 1.06. The number of para-hydroxylation sites is 1. The number of amides is 1. The third kappa shape index (κ3) is 2.56. The Labute approximate surface area is 155 Å². The van der Waals surface area contributed by atoms with E-state index in [4.69, 9.17) is 15.2 Å². The number of carbonyl (C=O) groups is 2. The molecule has 140 valence electrons. The molecule has 2 aliphatic rings. The number of ketones is 1. The zero-order valence-electron chi connectivity index (χ0n) is 15.1. The van der Waals surface area contributed by atoms with Gasteiger partial charge in [-0.05, 0) is 18.9 Å². The number of aromatic nitrogens is 2. The highest BCUT2D eigenvalue weighted by molar-refractivity contribution is 6.02. The van der Waals surface area contributed by atoms with E-state index in [1.165, 1.54) is 6.20 Å². The number of rotatable bonds is 4. The standard InChI is InChI=1S/C19H20N4O4/c1-26-14-8-3-5-10(17(14)27-2)16-15-12(6-4-7-13(15)24)22-19-11(18(20)25)9-21-23(16)19/h3,5,8-9,16,22H,4,6-7H2,1-2H3,(H2,20,25)/t16-/m0/s1. The van der Waals surface area contributed by atoms with Gasteiger partial charge in [0.15, 0.2) is 17.3 Å². The average Bonchev–Trinajstić information content (AvgIpc) is 3.09. The van der Waals surface area contributed by atoms with Crippen LogP contribution < -0.4 is 20.5 Å². The summed E-state index contributed by atoms with van der Waals surface area (Å²) in [5.41, 5.74) is 7.97. The number of nitrogens with two attached hydrogens (primary N) is 1. The number of carbonyl (C=O) groups excluding carboxylic acids is 2. The second-order valence-corrected chi connectivity index (χ2v) is 6.49. The number of nitrogens with one attached hydrogen (secondary N) is 1. The SMILES string of the molecule is COc1cccc([C@H]2C3=C(CCCC3=O)Nc3c(C(N)=O)cnn32)c1OC. The molecular formula is C19H20N4O4. The van der Waals surface area contributed by atoms with Crippen molar-refractivity contribution < 1.29 is 19.1 Å². The van der Waals surface area contributed by atoms with E-state index in [0.717, 1.165) is 17.7 Å². The van der Waals surface area contributed by atoms with Gasteiger partial charge in [-0.15, -0.1) is 0 Å². The van der Waals surface area contributed by atoms with Crippen molar-refractivity contribution in [3.8, 4) is 11.5 Å². The number of allylic oxidation sites excluding steroid dienone is 2. The first-order valence-corrected chi connectivity index (χ1v) is 8.68. The molecule has 1 atom stereocenters. The summed E-state index contributed by atoms with van der Waals surface area (Å²) in [6, 6.07) is 4.98. The number of ether oxygens (including phenoxy) is 2. The van der Waals surface area contributed by atoms with Crippen LogP contribution in [0.25, 0.3) is 0 Å². The third-order valence-electron chi connectivity index (χ3n) is 5.03. The first-order valence-electron chi connectivity index (χ1n) is 8.68. The van der Waals surface area contributed by atoms with Gasteiger partial charge in [0.05, 0.1) is 20.4 Å². The lowest BCUT2D eigenvalue weighted by Gasteiger charge is -2.34. The average molecular weight is 368 g/mol. The molecule has 27 heavy (non-hydrogen) atoms. The van der Waals surface area contributed by atoms with Gasteiger partial charge in [0.2, 0.25) is 0 Å². The van der Waals surface area contributed by atoms with Crippen LogP contribution >= 0.6 is 0 Å². The van der Waals surface area contributed by atoms with Gasteiger partial charge in [-0.2, -0.15) is 5.10 Å². The molecule has 8 nitrogen and oxygen atoms in total. The van der Waals surface area contributed by atoms with Gasteiger partial charge < -0.3 is 20.5 Å². The number of primary amides is 1. The summed E-state index contributed by atoms with van der Waals surface area (Å²) in [7, 11) is 3.12. The van der Waals surface area contributed by atoms with E-state index in [0.29, 0.717) is 35.7 Å². The van der Waals surface area contributed by atoms with Crippen LogP contribution in [-0.2, 0) is 4.79 Å². The summed E-state index contributed by atoms with van der Waals surface area (Å²) in [5, 5.41) is 7.57. The minimum absolute atomic E-state index is 0.0559. The maximum atomic E-state index is 12.8. The first kappa shape index (κ1) is 17.1. The van der Waals surface area contributed by atoms with Gasteiger partial charge in [0.25, 0.3) is 5.91 Å². The van der Waals surface area contributed by atoms with Crippen molar-refractivity contribution >= 4 is 17.5 Å². The van der Waals surface area contributed by atoms with Crippen LogP contribution in [0, 0.1) is 0 Å². The summed E-state index contributed by atoms with van der Waals surface area (Å²) < 4.78 is 12.6. The van der Waals surface area contributed by atoms with Crippen molar-refractivity contribution in [3.63, 3.8) is 0 Å². The Morgan fingerprint density at radius 2 is 2.11 bits per heavy atom. The molecule has 2 heterocycles. The Morgan fingerprint density at radius 3 is 2.81 bits per heavy atom. The second-order valence-electron chi connectivity index (χ2n) is 6.49. The van der Waals surface area contributed by atoms with Gasteiger partial charge in [-0.1, -0.05) is 12.1 Å². The Kier molecular flexibility index (Phi) is 4.10. The van der Waals surface area contributed by atoms with Gasteiger partial charge in [0.1, 0.15) is 17.4 Å². The highest BCUT2D eigenvalue weighted by atomic mass is 16.5. The molecule has 0 bridgehead atoms. The Balaban J connectivity index is 1.99. The number of benzene rings is 1. The van der Waals surface area contributed by atoms with Crippen molar-refractivity contribution in [2.75, 3.05) is 19.5 Å². The van der Waals surface area contributed by atoms with E-state index in [1.807, 2.05) is 12.1 Å². The smallest absolute Gasteiger partial charge is 0.254 e. The lowest BCUT2D eigenvalue weighted by Crippen LogP contribution is -2.32. The molecule has 4 rings (SSSR count). The maximum absolute atomic E-state index is 12.8. The fraction of sp³-hybridized carbons (Fsp3) is 0.316. The monoisotopic (exact) mass is 368 g/mol. The van der Waals surface area contributed by atoms with Gasteiger partial charge >= 0.3 is 0 Å². The molecular weight excluding hydrogens is 348 g/mol. The number of hydrogen-bond acceptors (Lipinski definition) is 6. The number of methoxy groups -OCH3 is 2. The third-order valence-corrected chi connectivity index (χ3v) is 5.03. The lowest BCUT2D eigenvalue weighted by atomic mass is 9.85. The topological polar surface area (TPSA) is 108 Å². The van der Waals surface area contributed by atoms with Crippen LogP contribution in [0.1, 0.15) is 41.2 Å². The molecule has 3 N–H and O–H groups in total. The normalized spacial score (nSPS) is 18.4. The molecule has 8 heteroatoms. The Bertz CT molecular complexity index is 976. The molecule has 1 aliphatic carbocycles. The molecule has 0 radical (unpaired) electrons. The molecule has 1 amide bonds. The van der Waals surface area contributed by atoms with E-state index in [1.54, 1.807) is 25.0 Å². The Hall–Kier alpha value is -3.29. The highest BCUT2D eigenvalue weighted by Gasteiger charge is 2.39. The van der Waals surface area contributed by atoms with Crippen molar-refractivity contribution in [3.05, 3.63) is 46.8 Å². The molecule has 0 unspecified atom stereocenters. The Morgan fingerprint density at radius 1 is 1.30 bits per heavy atom. The minimum Gasteiger partial charge on any atom is -0.493 e. The summed E-state index contributed by atoms with van der Waals surface area (Å²) >= 11 is 0. The highest BCUT2D eigenvalue weighted by Crippen LogP contribution is 2.46. The van der Waals surface area contributed by atoms with Crippen LogP contribution in [0.3, 0.4) is 0 Å². The zero-order valence-corrected chi connectivity index (χ0v) is 15.1. The molecule has 0 spiro atoms. The minimum atomic E-state index is -0.578. The summed E-state index contributed by atoms with van der Waals surface area (Å²) in [6.45, 7) is 0. The molecule has 0 saturated carbocycles. The number of nitrogens with zero attached hydrogens (tertiary/aromatic N) is 2. The van der Waals surface area contributed by atoms with Gasteiger partial charge in [0, 0.05) is 23.3 Å². The van der Waals surface area contributed by atoms with Crippen molar-refractivity contribution in [2.45, 2.75) is 25.3 Å². The predicted molar refractivity (Wildman–Crippen MR) is 97.9 cm³/mol. The molecule has 1 aromatic carbocycles. The first-order chi connectivity index (χ1) is 13.1. The van der Waals surface area contributed by atoms with E-state index in [9.17, 15) is 9.59 Å². The largest absolute Gasteiger partial charge is 0.493 e. The zero-order chi connectivity index (χ0) is 19.1. The van der Waals surface area contributed by atoms with E-state index < -0.39 is 11.9 Å². The maximum Gasteiger partial charge on any atom is 0.254 e. The fourth-order valence-electron chi connectivity index (χ4n) is 3.85. The second kappa shape index (κ2) is 6.46. The van der Waals surface area contributed by atoms with Gasteiger partial charge in [-0.3, -0.25) is 9.59 Å². The predicted octanol–water partition coefficient (Wildman–Crippen LogP) is 2.02. The lowest BCUT2D eigenvalue weighted by molar-refractivity contribution is -0.116. The summed E-state index contributed by atoms with van der Waals surface area (Å²) in [4.78, 5) is 24.6. The number of hydrogen-bond donors (Lipinski definition) is 2. The van der Waals surface area contributed by atoms with Crippen LogP contribution in [0.2, 0.25) is 0 Å². The van der Waals surface area contributed by atoms with Crippen LogP contribution in [0.5, 0.6) is 11.5 Å². The number of anilines is 1. The molecule has 0 fully saturated rings. The number of Topliss-reactive ketones (excluding diaryl/α,β-unsaturated/α-hetero) is 1.